The van der Waals surface area contributed by atoms with Gasteiger partial charge in [0.1, 0.15) is 0 Å². The molecule has 2 rings (SSSR count). The van der Waals surface area contributed by atoms with Crippen LogP contribution in [0.1, 0.15) is 46.0 Å². The average Bonchev–Trinajstić information content (AvgIpc) is 2.56. The first-order valence-corrected chi connectivity index (χ1v) is 6.46. The quantitative estimate of drug-likeness (QED) is 0.654. The minimum atomic E-state index is 0.980. The topological polar surface area (TPSA) is 3.24 Å². The van der Waals surface area contributed by atoms with Crippen molar-refractivity contribution in [3.8, 4) is 0 Å². The van der Waals surface area contributed by atoms with Gasteiger partial charge in [-0.15, -0.1) is 0 Å². The summed E-state index contributed by atoms with van der Waals surface area (Å²) in [4.78, 5) is 2.71. The Kier molecular flexibility index (Phi) is 3.48. The van der Waals surface area contributed by atoms with Crippen LogP contribution in [0.3, 0.4) is 0 Å². The van der Waals surface area contributed by atoms with Gasteiger partial charge < -0.3 is 4.90 Å². The molecular formula is C13H25N. The van der Waals surface area contributed by atoms with E-state index in [1.165, 1.54) is 51.7 Å². The monoisotopic (exact) mass is 195 g/mol. The summed E-state index contributed by atoms with van der Waals surface area (Å²) in [6.07, 6.45) is 7.33. The van der Waals surface area contributed by atoms with E-state index in [1.54, 1.807) is 0 Å². The predicted molar refractivity (Wildman–Crippen MR) is 61.3 cm³/mol. The normalized spacial score (nSPS) is 36.4. The fourth-order valence-electron chi connectivity index (χ4n) is 3.10. The minimum Gasteiger partial charge on any atom is -0.303 e. The summed E-state index contributed by atoms with van der Waals surface area (Å²) in [6.45, 7) is 8.95. The zero-order valence-electron chi connectivity index (χ0n) is 9.84. The highest BCUT2D eigenvalue weighted by Crippen LogP contribution is 2.31. The molecule has 1 heterocycles. The summed E-state index contributed by atoms with van der Waals surface area (Å²) in [5, 5.41) is 0. The zero-order chi connectivity index (χ0) is 9.97. The third kappa shape index (κ3) is 2.73. The Hall–Kier alpha value is -0.0400. The molecule has 1 saturated carbocycles. The molecule has 14 heavy (non-hydrogen) atoms. The summed E-state index contributed by atoms with van der Waals surface area (Å²) < 4.78 is 0. The first-order chi connectivity index (χ1) is 6.74. The molecule has 1 aliphatic heterocycles. The van der Waals surface area contributed by atoms with Crippen LogP contribution in [0.4, 0.5) is 0 Å². The van der Waals surface area contributed by atoms with Crippen LogP contribution in [0.15, 0.2) is 0 Å². The first kappa shape index (κ1) is 10.5. The molecule has 0 N–H and O–H groups in total. The minimum absolute atomic E-state index is 0.980. The average molecular weight is 195 g/mol. The summed E-state index contributed by atoms with van der Waals surface area (Å²) >= 11 is 0. The van der Waals surface area contributed by atoms with E-state index in [0.29, 0.717) is 0 Å². The number of hydrogen-bond acceptors (Lipinski definition) is 1. The molecule has 0 radical (unpaired) electrons. The van der Waals surface area contributed by atoms with Gasteiger partial charge >= 0.3 is 0 Å². The van der Waals surface area contributed by atoms with Crippen molar-refractivity contribution >= 4 is 0 Å². The lowest BCUT2D eigenvalue weighted by atomic mass is 9.97. The maximum Gasteiger partial charge on any atom is 0.000976 e. The van der Waals surface area contributed by atoms with Crippen LogP contribution < -0.4 is 0 Å². The lowest BCUT2D eigenvalue weighted by molar-refractivity contribution is 0.166. The van der Waals surface area contributed by atoms with E-state index in [2.05, 4.69) is 18.7 Å². The van der Waals surface area contributed by atoms with Gasteiger partial charge in [-0.3, -0.25) is 0 Å². The molecule has 2 unspecified atom stereocenters. The standard InChI is InChI=1S/C13H25N/c1-11-5-7-14(8-6-11)10-13-4-3-12(2)9-13/h11-13H,3-10H2,1-2H3. The Bertz CT molecular complexity index is 170. The van der Waals surface area contributed by atoms with Crippen LogP contribution in [-0.4, -0.2) is 24.5 Å². The highest BCUT2D eigenvalue weighted by Gasteiger charge is 2.24. The maximum atomic E-state index is 2.71. The fourth-order valence-corrected chi connectivity index (χ4v) is 3.10. The molecule has 0 spiro atoms. The molecule has 82 valence electrons. The highest BCUT2D eigenvalue weighted by atomic mass is 15.1. The van der Waals surface area contributed by atoms with Crippen molar-refractivity contribution in [2.45, 2.75) is 46.0 Å². The number of piperidine rings is 1. The Morgan fingerprint density at radius 2 is 1.64 bits per heavy atom. The van der Waals surface area contributed by atoms with Crippen LogP contribution >= 0.6 is 0 Å². The predicted octanol–water partition coefficient (Wildman–Crippen LogP) is 3.15. The van der Waals surface area contributed by atoms with Gasteiger partial charge in [0.15, 0.2) is 0 Å². The van der Waals surface area contributed by atoms with E-state index in [1.807, 2.05) is 0 Å². The van der Waals surface area contributed by atoms with Crippen LogP contribution in [0.25, 0.3) is 0 Å². The molecule has 0 aromatic carbocycles. The highest BCUT2D eigenvalue weighted by molar-refractivity contribution is 4.78. The van der Waals surface area contributed by atoms with E-state index >= 15 is 0 Å². The summed E-state index contributed by atoms with van der Waals surface area (Å²) in [5.41, 5.74) is 0. The first-order valence-electron chi connectivity index (χ1n) is 6.46. The second-order valence-corrected chi connectivity index (χ2v) is 5.77. The number of nitrogens with zero attached hydrogens (tertiary/aromatic N) is 1. The Morgan fingerprint density at radius 3 is 2.21 bits per heavy atom. The van der Waals surface area contributed by atoms with Crippen molar-refractivity contribution < 1.29 is 0 Å². The molecule has 2 fully saturated rings. The lowest BCUT2D eigenvalue weighted by Gasteiger charge is -2.32. The Balaban J connectivity index is 1.70. The van der Waals surface area contributed by atoms with Crippen molar-refractivity contribution in [3.05, 3.63) is 0 Å². The number of likely N-dealkylation sites (tertiary alicyclic amines) is 1. The molecule has 2 atom stereocenters. The zero-order valence-corrected chi connectivity index (χ0v) is 9.84. The van der Waals surface area contributed by atoms with Crippen molar-refractivity contribution in [2.24, 2.45) is 17.8 Å². The summed E-state index contributed by atoms with van der Waals surface area (Å²) in [5.74, 6) is 3.01. The van der Waals surface area contributed by atoms with Crippen LogP contribution in [0.5, 0.6) is 0 Å². The van der Waals surface area contributed by atoms with Crippen LogP contribution in [0, 0.1) is 17.8 Å². The molecule has 0 aromatic rings. The smallest absolute Gasteiger partial charge is 0.000976 e. The Labute approximate surface area is 88.9 Å². The fraction of sp³-hybridized carbons (Fsp3) is 1.00. The van der Waals surface area contributed by atoms with Gasteiger partial charge in [0, 0.05) is 6.54 Å². The van der Waals surface area contributed by atoms with Gasteiger partial charge in [-0.05, 0) is 56.5 Å². The van der Waals surface area contributed by atoms with Crippen molar-refractivity contribution in [2.75, 3.05) is 19.6 Å². The van der Waals surface area contributed by atoms with Gasteiger partial charge in [-0.1, -0.05) is 20.3 Å². The third-order valence-electron chi connectivity index (χ3n) is 4.20. The van der Waals surface area contributed by atoms with Gasteiger partial charge in [-0.25, -0.2) is 0 Å². The second kappa shape index (κ2) is 4.65. The van der Waals surface area contributed by atoms with Crippen molar-refractivity contribution in [1.82, 2.24) is 4.90 Å². The molecule has 0 aromatic heterocycles. The van der Waals surface area contributed by atoms with Crippen LogP contribution in [-0.2, 0) is 0 Å². The van der Waals surface area contributed by atoms with E-state index in [9.17, 15) is 0 Å². The van der Waals surface area contributed by atoms with Gasteiger partial charge in [0.2, 0.25) is 0 Å². The SMILES string of the molecule is CC1CCN(CC2CCC(C)C2)CC1. The second-order valence-electron chi connectivity index (χ2n) is 5.77. The largest absolute Gasteiger partial charge is 0.303 e. The summed E-state index contributed by atoms with van der Waals surface area (Å²) in [7, 11) is 0. The third-order valence-corrected chi connectivity index (χ3v) is 4.20. The van der Waals surface area contributed by atoms with E-state index in [0.717, 1.165) is 17.8 Å². The molecule has 1 heteroatoms. The van der Waals surface area contributed by atoms with Crippen molar-refractivity contribution in [3.63, 3.8) is 0 Å². The van der Waals surface area contributed by atoms with Crippen LogP contribution in [0.2, 0.25) is 0 Å². The molecular weight excluding hydrogens is 170 g/mol. The van der Waals surface area contributed by atoms with Gasteiger partial charge in [-0.2, -0.15) is 0 Å². The maximum absolute atomic E-state index is 2.71. The lowest BCUT2D eigenvalue weighted by Crippen LogP contribution is -2.36. The van der Waals surface area contributed by atoms with E-state index in [4.69, 9.17) is 0 Å². The molecule has 1 nitrogen and oxygen atoms in total. The van der Waals surface area contributed by atoms with Gasteiger partial charge in [0.25, 0.3) is 0 Å². The molecule has 1 aliphatic carbocycles. The van der Waals surface area contributed by atoms with E-state index in [-0.39, 0.29) is 0 Å². The van der Waals surface area contributed by atoms with E-state index < -0.39 is 0 Å². The molecule has 0 bridgehead atoms. The number of hydrogen-bond donors (Lipinski definition) is 0. The van der Waals surface area contributed by atoms with Gasteiger partial charge in [0.05, 0.1) is 0 Å². The van der Waals surface area contributed by atoms with Crippen molar-refractivity contribution in [1.29, 1.82) is 0 Å². The molecule has 2 aliphatic rings. The number of rotatable bonds is 2. The molecule has 0 amide bonds. The Morgan fingerprint density at radius 1 is 0.929 bits per heavy atom. The molecule has 1 saturated heterocycles. The summed E-state index contributed by atoms with van der Waals surface area (Å²) in [6, 6.07) is 0.